The Balaban J connectivity index is 2.00. The van der Waals surface area contributed by atoms with Crippen LogP contribution in [0.1, 0.15) is 0 Å². The van der Waals surface area contributed by atoms with Gasteiger partial charge in [0.2, 0.25) is 0 Å². The van der Waals surface area contributed by atoms with Gasteiger partial charge in [-0.15, -0.1) is 0 Å². The van der Waals surface area contributed by atoms with Crippen molar-refractivity contribution in [3.05, 3.63) is 32.8 Å². The minimum absolute atomic E-state index is 0.00446. The summed E-state index contributed by atoms with van der Waals surface area (Å²) in [6.07, 6.45) is -0.0232. The molecule has 18 heavy (non-hydrogen) atoms. The predicted molar refractivity (Wildman–Crippen MR) is 68.9 cm³/mol. The molecule has 0 amide bonds. The number of rotatable bonds is 4. The lowest BCUT2D eigenvalue weighted by atomic mass is 10.3. The van der Waals surface area contributed by atoms with Crippen LogP contribution < -0.4 is 10.1 Å². The summed E-state index contributed by atoms with van der Waals surface area (Å²) in [4.78, 5) is 10.3. The minimum Gasteiger partial charge on any atom is -0.489 e. The Hall–Kier alpha value is -1.18. The zero-order valence-electron chi connectivity index (χ0n) is 9.60. The number of hydrogen-bond donors (Lipinski definition) is 1. The molecule has 1 fully saturated rings. The molecule has 1 atom stereocenters. The van der Waals surface area contributed by atoms with Crippen molar-refractivity contribution < 1.29 is 14.4 Å². The second kappa shape index (κ2) is 6.12. The number of hydrogen-bond acceptors (Lipinski definition) is 5. The van der Waals surface area contributed by atoms with Gasteiger partial charge in [-0.2, -0.15) is 0 Å². The van der Waals surface area contributed by atoms with Crippen molar-refractivity contribution in [3.8, 4) is 5.75 Å². The molecule has 1 aliphatic rings. The molecule has 1 aromatic carbocycles. The number of benzene rings is 1. The zero-order chi connectivity index (χ0) is 13.0. The molecule has 0 radical (unpaired) electrons. The molecule has 1 heterocycles. The van der Waals surface area contributed by atoms with E-state index in [1.54, 1.807) is 12.1 Å². The summed E-state index contributed by atoms with van der Waals surface area (Å²) in [6, 6.07) is 4.71. The van der Waals surface area contributed by atoms with Crippen molar-refractivity contribution in [2.24, 2.45) is 0 Å². The quantitative estimate of drug-likeness (QED) is 0.676. The third-order valence-corrected chi connectivity index (χ3v) is 3.37. The Labute approximate surface area is 113 Å². The van der Waals surface area contributed by atoms with Crippen LogP contribution in [0.5, 0.6) is 5.75 Å². The average Bonchev–Trinajstić information content (AvgIpc) is 2.38. The Morgan fingerprint density at radius 2 is 2.44 bits per heavy atom. The van der Waals surface area contributed by atoms with E-state index < -0.39 is 4.92 Å². The Bertz CT molecular complexity index is 435. The Morgan fingerprint density at radius 1 is 1.61 bits per heavy atom. The number of nitro groups is 1. The summed E-state index contributed by atoms with van der Waals surface area (Å²) in [5, 5.41) is 14.0. The molecule has 0 spiro atoms. The van der Waals surface area contributed by atoms with Crippen LogP contribution in [0.3, 0.4) is 0 Å². The van der Waals surface area contributed by atoms with Gasteiger partial charge in [0.05, 0.1) is 11.5 Å². The van der Waals surface area contributed by atoms with E-state index in [9.17, 15) is 10.1 Å². The van der Waals surface area contributed by atoms with Crippen LogP contribution in [0.25, 0.3) is 0 Å². The maximum absolute atomic E-state index is 10.8. The summed E-state index contributed by atoms with van der Waals surface area (Å²) in [5.41, 5.74) is -0.00446. The first-order chi connectivity index (χ1) is 8.68. The molecule has 1 aliphatic heterocycles. The molecular weight excluding hydrogens is 304 g/mol. The van der Waals surface area contributed by atoms with E-state index in [1.807, 2.05) is 0 Å². The van der Waals surface area contributed by atoms with Crippen LogP contribution in [0.2, 0.25) is 0 Å². The monoisotopic (exact) mass is 316 g/mol. The lowest BCUT2D eigenvalue weighted by Crippen LogP contribution is -2.41. The highest BCUT2D eigenvalue weighted by atomic mass is 79.9. The first-order valence-electron chi connectivity index (χ1n) is 5.56. The van der Waals surface area contributed by atoms with Crippen molar-refractivity contribution in [1.82, 2.24) is 5.32 Å². The molecular formula is C11H13BrN2O4. The van der Waals surface area contributed by atoms with Gasteiger partial charge in [0, 0.05) is 19.2 Å². The first-order valence-corrected chi connectivity index (χ1v) is 6.36. The van der Waals surface area contributed by atoms with E-state index in [4.69, 9.17) is 9.47 Å². The fourth-order valence-corrected chi connectivity index (χ4v) is 2.18. The van der Waals surface area contributed by atoms with Crippen molar-refractivity contribution in [2.45, 2.75) is 6.10 Å². The lowest BCUT2D eigenvalue weighted by Gasteiger charge is -2.23. The maximum Gasteiger partial charge on any atom is 0.287 e. The SMILES string of the molecule is O=[N+]([O-])c1cccc(OCC2CNCCO2)c1Br. The maximum atomic E-state index is 10.8. The molecule has 7 heteroatoms. The van der Waals surface area contributed by atoms with Gasteiger partial charge in [0.25, 0.3) is 5.69 Å². The van der Waals surface area contributed by atoms with Crippen molar-refractivity contribution >= 4 is 21.6 Å². The van der Waals surface area contributed by atoms with Gasteiger partial charge >= 0.3 is 0 Å². The fourth-order valence-electron chi connectivity index (χ4n) is 1.66. The second-order valence-electron chi connectivity index (χ2n) is 3.85. The highest BCUT2D eigenvalue weighted by Crippen LogP contribution is 2.33. The first kappa shape index (κ1) is 13.3. The van der Waals surface area contributed by atoms with Gasteiger partial charge in [0.1, 0.15) is 22.9 Å². The van der Waals surface area contributed by atoms with Crippen molar-refractivity contribution in [2.75, 3.05) is 26.3 Å². The van der Waals surface area contributed by atoms with E-state index in [1.165, 1.54) is 6.07 Å². The van der Waals surface area contributed by atoms with Crippen LogP contribution in [0, 0.1) is 10.1 Å². The van der Waals surface area contributed by atoms with Crippen LogP contribution in [0.4, 0.5) is 5.69 Å². The Kier molecular flexibility index (Phi) is 4.51. The van der Waals surface area contributed by atoms with Crippen molar-refractivity contribution in [3.63, 3.8) is 0 Å². The third kappa shape index (κ3) is 3.18. The van der Waals surface area contributed by atoms with Gasteiger partial charge in [0.15, 0.2) is 0 Å². The highest BCUT2D eigenvalue weighted by Gasteiger charge is 2.18. The van der Waals surface area contributed by atoms with Gasteiger partial charge in [-0.3, -0.25) is 10.1 Å². The largest absolute Gasteiger partial charge is 0.489 e. The van der Waals surface area contributed by atoms with Gasteiger partial charge in [-0.1, -0.05) is 6.07 Å². The Morgan fingerprint density at radius 3 is 3.11 bits per heavy atom. The molecule has 1 N–H and O–H groups in total. The van der Waals surface area contributed by atoms with Gasteiger partial charge in [-0.25, -0.2) is 0 Å². The number of halogens is 1. The van der Waals surface area contributed by atoms with Crippen LogP contribution in [0.15, 0.2) is 22.7 Å². The standard InChI is InChI=1S/C11H13BrN2O4/c12-11-9(14(15)16)2-1-3-10(11)18-7-8-6-13-4-5-17-8/h1-3,8,13H,4-7H2. The average molecular weight is 317 g/mol. The molecule has 1 saturated heterocycles. The third-order valence-electron chi connectivity index (χ3n) is 2.57. The van der Waals surface area contributed by atoms with Gasteiger partial charge < -0.3 is 14.8 Å². The number of nitrogens with one attached hydrogen (secondary N) is 1. The highest BCUT2D eigenvalue weighted by molar-refractivity contribution is 9.10. The molecule has 1 unspecified atom stereocenters. The summed E-state index contributed by atoms with van der Waals surface area (Å²) in [5.74, 6) is 0.457. The van der Waals surface area contributed by atoms with E-state index in [2.05, 4.69) is 21.2 Å². The van der Waals surface area contributed by atoms with Crippen molar-refractivity contribution in [1.29, 1.82) is 0 Å². The lowest BCUT2D eigenvalue weighted by molar-refractivity contribution is -0.385. The van der Waals surface area contributed by atoms with E-state index >= 15 is 0 Å². The molecule has 0 saturated carbocycles. The number of ether oxygens (including phenoxy) is 2. The number of nitro benzene ring substituents is 1. The second-order valence-corrected chi connectivity index (χ2v) is 4.65. The smallest absolute Gasteiger partial charge is 0.287 e. The summed E-state index contributed by atoms with van der Waals surface area (Å²) in [6.45, 7) is 2.60. The van der Waals surface area contributed by atoms with Crippen LogP contribution in [-0.2, 0) is 4.74 Å². The van der Waals surface area contributed by atoms with E-state index in [-0.39, 0.29) is 11.8 Å². The minimum atomic E-state index is -0.449. The molecule has 6 nitrogen and oxygen atoms in total. The summed E-state index contributed by atoms with van der Waals surface area (Å²) in [7, 11) is 0. The summed E-state index contributed by atoms with van der Waals surface area (Å²) >= 11 is 3.18. The topological polar surface area (TPSA) is 73.6 Å². The van der Waals surface area contributed by atoms with E-state index in [0.717, 1.165) is 13.1 Å². The van der Waals surface area contributed by atoms with Crippen LogP contribution >= 0.6 is 15.9 Å². The summed E-state index contributed by atoms with van der Waals surface area (Å²) < 4.78 is 11.4. The fraction of sp³-hybridized carbons (Fsp3) is 0.455. The molecule has 0 aliphatic carbocycles. The van der Waals surface area contributed by atoms with Gasteiger partial charge in [-0.05, 0) is 22.0 Å². The number of morpholine rings is 1. The predicted octanol–water partition coefficient (Wildman–Crippen LogP) is 1.72. The molecule has 0 bridgehead atoms. The molecule has 0 aromatic heterocycles. The molecule has 2 rings (SSSR count). The van der Waals surface area contributed by atoms with Crippen LogP contribution in [-0.4, -0.2) is 37.3 Å². The molecule has 98 valence electrons. The number of nitrogens with zero attached hydrogens (tertiary/aromatic N) is 1. The normalized spacial score (nSPS) is 19.5. The zero-order valence-corrected chi connectivity index (χ0v) is 11.2. The molecule has 1 aromatic rings. The van der Waals surface area contributed by atoms with E-state index in [0.29, 0.717) is 23.4 Å².